The first-order chi connectivity index (χ1) is 8.79. The van der Waals surface area contributed by atoms with E-state index in [2.05, 4.69) is 25.7 Å². The molecule has 0 saturated carbocycles. The maximum Gasteiger partial charge on any atom is 0.253 e. The first kappa shape index (κ1) is 11.9. The largest absolute Gasteiger partial charge is 0.346 e. The number of nitrogens with one attached hydrogen (secondary N) is 2. The monoisotopic (exact) mass is 244 g/mol. The number of nitrogens with zero attached hydrogens (tertiary/aromatic N) is 3. The first-order valence-electron chi connectivity index (χ1n) is 5.25. The van der Waals surface area contributed by atoms with E-state index >= 15 is 0 Å². The molecular weight excluding hydrogens is 232 g/mol. The maximum atomic E-state index is 11.8. The van der Waals surface area contributed by atoms with Crippen LogP contribution in [0.4, 0.5) is 5.82 Å². The minimum atomic E-state index is -0.218. The molecular formula is C11H12N6O. The molecule has 2 rings (SSSR count). The number of hydrogen-bond acceptors (Lipinski definition) is 6. The van der Waals surface area contributed by atoms with Crippen molar-refractivity contribution in [3.8, 4) is 0 Å². The minimum Gasteiger partial charge on any atom is -0.346 e. The summed E-state index contributed by atoms with van der Waals surface area (Å²) < 4.78 is 0. The van der Waals surface area contributed by atoms with Gasteiger partial charge in [-0.1, -0.05) is 0 Å². The van der Waals surface area contributed by atoms with Crippen LogP contribution in [0.5, 0.6) is 0 Å². The highest BCUT2D eigenvalue weighted by Gasteiger charge is 2.05. The number of rotatable bonds is 4. The summed E-state index contributed by atoms with van der Waals surface area (Å²) >= 11 is 0. The van der Waals surface area contributed by atoms with Gasteiger partial charge in [-0.3, -0.25) is 4.79 Å². The molecule has 0 saturated heterocycles. The molecule has 2 aromatic heterocycles. The van der Waals surface area contributed by atoms with E-state index in [0.29, 0.717) is 17.9 Å². The van der Waals surface area contributed by atoms with Gasteiger partial charge in [-0.2, -0.15) is 0 Å². The second-order valence-corrected chi connectivity index (χ2v) is 3.46. The van der Waals surface area contributed by atoms with E-state index in [1.807, 2.05) is 0 Å². The zero-order valence-corrected chi connectivity index (χ0v) is 9.50. The summed E-state index contributed by atoms with van der Waals surface area (Å²) in [5.41, 5.74) is 3.59. The number of anilines is 1. The Bertz CT molecular complexity index is 513. The van der Waals surface area contributed by atoms with Crippen LogP contribution in [0, 0.1) is 0 Å². The maximum absolute atomic E-state index is 11.8. The molecule has 7 nitrogen and oxygen atoms in total. The van der Waals surface area contributed by atoms with E-state index < -0.39 is 0 Å². The number of carbonyl (C=O) groups excluding carboxylic acids is 1. The lowest BCUT2D eigenvalue weighted by atomic mass is 10.2. The SMILES string of the molecule is NNc1ccc(C(=O)NCc2ccncn2)cn1. The average Bonchev–Trinajstić information content (AvgIpc) is 2.46. The topological polar surface area (TPSA) is 106 Å². The number of nitrogen functional groups attached to an aromatic ring is 1. The van der Waals surface area contributed by atoms with Crippen molar-refractivity contribution < 1.29 is 4.79 Å². The predicted molar refractivity (Wildman–Crippen MR) is 65.2 cm³/mol. The Morgan fingerprint density at radius 3 is 2.78 bits per heavy atom. The molecule has 0 aliphatic rings. The first-order valence-corrected chi connectivity index (χ1v) is 5.25. The number of aromatic nitrogens is 3. The molecule has 0 aromatic carbocycles. The molecule has 0 aliphatic heterocycles. The van der Waals surface area contributed by atoms with E-state index in [1.54, 1.807) is 24.4 Å². The second kappa shape index (κ2) is 5.69. The smallest absolute Gasteiger partial charge is 0.253 e. The van der Waals surface area contributed by atoms with Gasteiger partial charge in [0.25, 0.3) is 5.91 Å². The Balaban J connectivity index is 1.95. The summed E-state index contributed by atoms with van der Waals surface area (Å²) in [6.07, 6.45) is 4.51. The number of nitrogens with two attached hydrogens (primary N) is 1. The van der Waals surface area contributed by atoms with Gasteiger partial charge in [0.2, 0.25) is 0 Å². The molecule has 0 atom stereocenters. The Morgan fingerprint density at radius 2 is 2.17 bits per heavy atom. The van der Waals surface area contributed by atoms with Crippen molar-refractivity contribution in [3.63, 3.8) is 0 Å². The third-order valence-corrected chi connectivity index (χ3v) is 2.25. The van der Waals surface area contributed by atoms with Crippen molar-refractivity contribution >= 4 is 11.7 Å². The summed E-state index contributed by atoms with van der Waals surface area (Å²) in [6.45, 7) is 0.345. The minimum absolute atomic E-state index is 0.218. The van der Waals surface area contributed by atoms with Crippen LogP contribution in [-0.2, 0) is 6.54 Å². The van der Waals surface area contributed by atoms with Crippen LogP contribution in [0.25, 0.3) is 0 Å². The summed E-state index contributed by atoms with van der Waals surface area (Å²) in [4.78, 5) is 23.5. The summed E-state index contributed by atoms with van der Waals surface area (Å²) in [5, 5.41) is 2.73. The standard InChI is InChI=1S/C11H12N6O/c12-17-10-2-1-8(5-14-10)11(18)15-6-9-3-4-13-7-16-9/h1-5,7H,6,12H2,(H,14,17)(H,15,18). The van der Waals surface area contributed by atoms with Crippen LogP contribution in [-0.4, -0.2) is 20.9 Å². The number of hydrogen-bond donors (Lipinski definition) is 3. The van der Waals surface area contributed by atoms with E-state index in [0.717, 1.165) is 5.69 Å². The molecule has 2 heterocycles. The quantitative estimate of drug-likeness (QED) is 0.520. The van der Waals surface area contributed by atoms with E-state index in [1.165, 1.54) is 12.5 Å². The van der Waals surface area contributed by atoms with Gasteiger partial charge >= 0.3 is 0 Å². The van der Waals surface area contributed by atoms with E-state index in [-0.39, 0.29) is 5.91 Å². The van der Waals surface area contributed by atoms with Crippen molar-refractivity contribution in [3.05, 3.63) is 48.2 Å². The number of hydrazine groups is 1. The van der Waals surface area contributed by atoms with Gasteiger partial charge in [-0.25, -0.2) is 20.8 Å². The van der Waals surface area contributed by atoms with Crippen LogP contribution in [0.3, 0.4) is 0 Å². The van der Waals surface area contributed by atoms with Crippen LogP contribution < -0.4 is 16.6 Å². The fourth-order valence-electron chi connectivity index (χ4n) is 1.31. The highest BCUT2D eigenvalue weighted by molar-refractivity contribution is 5.93. The Hall–Kier alpha value is -2.54. The Labute approximate surface area is 103 Å². The third kappa shape index (κ3) is 2.98. The number of carbonyl (C=O) groups is 1. The zero-order chi connectivity index (χ0) is 12.8. The zero-order valence-electron chi connectivity index (χ0n) is 9.50. The van der Waals surface area contributed by atoms with Gasteiger partial charge in [-0.15, -0.1) is 0 Å². The van der Waals surface area contributed by atoms with Crippen molar-refractivity contribution in [2.45, 2.75) is 6.54 Å². The number of pyridine rings is 1. The van der Waals surface area contributed by atoms with Crippen LogP contribution >= 0.6 is 0 Å². The summed E-state index contributed by atoms with van der Waals surface area (Å²) in [6, 6.07) is 5.00. The molecule has 7 heteroatoms. The molecule has 18 heavy (non-hydrogen) atoms. The van der Waals surface area contributed by atoms with Crippen molar-refractivity contribution in [1.29, 1.82) is 0 Å². The third-order valence-electron chi connectivity index (χ3n) is 2.25. The Morgan fingerprint density at radius 1 is 1.28 bits per heavy atom. The lowest BCUT2D eigenvalue weighted by molar-refractivity contribution is 0.0950. The van der Waals surface area contributed by atoms with Gasteiger partial charge in [0.15, 0.2) is 0 Å². The average molecular weight is 244 g/mol. The molecule has 2 aromatic rings. The fourth-order valence-corrected chi connectivity index (χ4v) is 1.31. The van der Waals surface area contributed by atoms with Gasteiger partial charge in [0.05, 0.1) is 17.8 Å². The lowest BCUT2D eigenvalue weighted by Crippen LogP contribution is -2.23. The van der Waals surface area contributed by atoms with Gasteiger partial charge < -0.3 is 10.7 Å². The molecule has 1 amide bonds. The van der Waals surface area contributed by atoms with Crippen molar-refractivity contribution in [1.82, 2.24) is 20.3 Å². The lowest BCUT2D eigenvalue weighted by Gasteiger charge is -2.05. The molecule has 92 valence electrons. The van der Waals surface area contributed by atoms with Gasteiger partial charge in [-0.05, 0) is 18.2 Å². The van der Waals surface area contributed by atoms with Gasteiger partial charge in [0, 0.05) is 12.4 Å². The van der Waals surface area contributed by atoms with E-state index in [4.69, 9.17) is 5.84 Å². The molecule has 0 unspecified atom stereocenters. The predicted octanol–water partition coefficient (Wildman–Crippen LogP) is 0.0872. The molecule has 0 aliphatic carbocycles. The Kier molecular flexibility index (Phi) is 3.77. The molecule has 4 N–H and O–H groups in total. The van der Waals surface area contributed by atoms with Crippen LogP contribution in [0.2, 0.25) is 0 Å². The highest BCUT2D eigenvalue weighted by Crippen LogP contribution is 2.03. The number of amides is 1. The summed E-state index contributed by atoms with van der Waals surface area (Å²) in [7, 11) is 0. The highest BCUT2D eigenvalue weighted by atomic mass is 16.1. The van der Waals surface area contributed by atoms with Crippen molar-refractivity contribution in [2.24, 2.45) is 5.84 Å². The molecule has 0 fully saturated rings. The fraction of sp³-hybridized carbons (Fsp3) is 0.0909. The van der Waals surface area contributed by atoms with Gasteiger partial charge in [0.1, 0.15) is 12.1 Å². The van der Waals surface area contributed by atoms with E-state index in [9.17, 15) is 4.79 Å². The summed E-state index contributed by atoms with van der Waals surface area (Å²) in [5.74, 6) is 5.47. The normalized spacial score (nSPS) is 9.83. The van der Waals surface area contributed by atoms with Crippen molar-refractivity contribution in [2.75, 3.05) is 5.43 Å². The second-order valence-electron chi connectivity index (χ2n) is 3.46. The molecule has 0 radical (unpaired) electrons. The molecule has 0 bridgehead atoms. The van der Waals surface area contributed by atoms with Crippen LogP contribution in [0.15, 0.2) is 36.9 Å². The van der Waals surface area contributed by atoms with Crippen LogP contribution in [0.1, 0.15) is 16.1 Å². The molecule has 0 spiro atoms.